The Morgan fingerprint density at radius 3 is 1.46 bits per heavy atom. The maximum absolute atomic E-state index is 10.9. The van der Waals surface area contributed by atoms with Gasteiger partial charge in [0.15, 0.2) is 23.0 Å². The van der Waals surface area contributed by atoms with E-state index in [1.54, 1.807) is 0 Å². The van der Waals surface area contributed by atoms with Crippen LogP contribution in [0.4, 0.5) is 8.78 Å². The summed E-state index contributed by atoms with van der Waals surface area (Å²) in [6.07, 6.45) is -3.00. The summed E-state index contributed by atoms with van der Waals surface area (Å²) in [5, 5.41) is 0. The van der Waals surface area contributed by atoms with Gasteiger partial charge in [-0.15, -0.1) is 0 Å². The number of benzene rings is 1. The van der Waals surface area contributed by atoms with Crippen LogP contribution < -0.4 is 0 Å². The predicted octanol–water partition coefficient (Wildman–Crippen LogP) is 2.83. The third-order valence-electron chi connectivity index (χ3n) is 0.921. The van der Waals surface area contributed by atoms with Crippen LogP contribution in [0.2, 0.25) is 0 Å². The minimum absolute atomic E-state index is 1.10. The minimum atomic E-state index is -3.00. The largest absolute Gasteiger partial charge is 0.390 e. The van der Waals surface area contributed by atoms with Gasteiger partial charge < -0.3 is 3.07 Å². The van der Waals surface area contributed by atoms with Gasteiger partial charge in [-0.05, 0) is 0 Å². The zero-order valence-electron chi connectivity index (χ0n) is 6.49. The highest BCUT2D eigenvalue weighted by Crippen LogP contribution is 1.98. The highest BCUT2D eigenvalue weighted by atomic mass is 127. The average Bonchev–Trinajstić information content (AvgIpc) is 2.20. The second-order valence-corrected chi connectivity index (χ2v) is 2.29. The molecule has 72 valence electrons. The van der Waals surface area contributed by atoms with Crippen LogP contribution in [0, 0.1) is 0 Å². The van der Waals surface area contributed by atoms with Gasteiger partial charge in [0.25, 0.3) is 0 Å². The van der Waals surface area contributed by atoms with Crippen molar-refractivity contribution >= 4 is 29.0 Å². The summed E-state index contributed by atoms with van der Waals surface area (Å²) < 4.78 is 25.5. The van der Waals surface area contributed by atoms with Crippen molar-refractivity contribution in [3.63, 3.8) is 0 Å². The lowest BCUT2D eigenvalue weighted by Gasteiger charge is -1.88. The molecule has 1 aromatic rings. The summed E-state index contributed by atoms with van der Waals surface area (Å²) in [5.41, 5.74) is 0. The molecule has 0 spiro atoms. The van der Waals surface area contributed by atoms with Crippen molar-refractivity contribution in [3.05, 3.63) is 36.4 Å². The van der Waals surface area contributed by atoms with Crippen molar-refractivity contribution in [1.82, 2.24) is 0 Å². The number of hydrogen-bond acceptors (Lipinski definition) is 2. The lowest BCUT2D eigenvalue weighted by molar-refractivity contribution is -0.143. The maximum Gasteiger partial charge on any atom is 0.383 e. The van der Waals surface area contributed by atoms with Gasteiger partial charge in [0.1, 0.15) is 0 Å². The van der Waals surface area contributed by atoms with Gasteiger partial charge in [-0.2, -0.15) is 8.78 Å². The third kappa shape index (κ3) is 7.63. The molecule has 0 aromatic heterocycles. The molecule has 1 rings (SSSR count). The van der Waals surface area contributed by atoms with Crippen LogP contribution in [0.3, 0.4) is 0 Å². The first-order valence-electron chi connectivity index (χ1n) is 3.29. The van der Waals surface area contributed by atoms with Crippen LogP contribution in [0.5, 0.6) is 0 Å². The van der Waals surface area contributed by atoms with Gasteiger partial charge in [-0.1, -0.05) is 36.4 Å². The topological polar surface area (TPSA) is 26.3 Å². The molecule has 0 saturated carbocycles. The highest BCUT2D eigenvalue weighted by molar-refractivity contribution is 14.1. The fourth-order valence-corrected chi connectivity index (χ4v) is 0.611. The van der Waals surface area contributed by atoms with Crippen LogP contribution in [-0.4, -0.2) is 12.4 Å². The number of rotatable bonds is 1. The maximum atomic E-state index is 10.9. The Hall–Kier alpha value is -0.720. The molecule has 0 fully saturated rings. The highest BCUT2D eigenvalue weighted by Gasteiger charge is 2.14. The predicted molar refractivity (Wildman–Crippen MR) is 52.6 cm³/mol. The molecular formula is C8H7F2IO2. The molecule has 0 unspecified atom stereocenters. The van der Waals surface area contributed by atoms with Crippen molar-refractivity contribution < 1.29 is 16.6 Å². The van der Waals surface area contributed by atoms with E-state index < -0.39 is 12.4 Å². The first-order valence-corrected chi connectivity index (χ1v) is 4.17. The van der Waals surface area contributed by atoms with E-state index in [4.69, 9.17) is 0 Å². The average molecular weight is 300 g/mol. The summed E-state index contributed by atoms with van der Waals surface area (Å²) in [7, 11) is 0. The van der Waals surface area contributed by atoms with Gasteiger partial charge in [0, 0.05) is 0 Å². The van der Waals surface area contributed by atoms with Crippen LogP contribution in [0.1, 0.15) is 0 Å². The second kappa shape index (κ2) is 7.90. The monoisotopic (exact) mass is 300 g/mol. The van der Waals surface area contributed by atoms with Crippen molar-refractivity contribution in [2.24, 2.45) is 0 Å². The van der Waals surface area contributed by atoms with E-state index in [1.165, 1.54) is 0 Å². The number of carbonyl (C=O) groups is 1. The fraction of sp³-hybridized carbons (Fsp3) is 0.125. The quantitative estimate of drug-likeness (QED) is 0.746. The molecule has 0 atom stereocenters. The number of halogens is 3. The van der Waals surface area contributed by atoms with E-state index in [0.29, 0.717) is 0 Å². The Morgan fingerprint density at radius 1 is 1.08 bits per heavy atom. The summed E-state index contributed by atoms with van der Waals surface area (Å²) in [4.78, 5) is 9.53. The molecule has 0 saturated heterocycles. The van der Waals surface area contributed by atoms with Crippen molar-refractivity contribution in [1.29, 1.82) is 0 Å². The molecule has 0 aliphatic heterocycles. The molecule has 2 nitrogen and oxygen atoms in total. The Labute approximate surface area is 88.6 Å². The second-order valence-electron chi connectivity index (χ2n) is 1.85. The summed E-state index contributed by atoms with van der Waals surface area (Å²) >= 11 is 1.10. The normalized spacial score (nSPS) is 8.62. The van der Waals surface area contributed by atoms with E-state index in [9.17, 15) is 13.6 Å². The van der Waals surface area contributed by atoms with Crippen molar-refractivity contribution in [2.75, 3.05) is 0 Å². The SMILES string of the molecule is O=C(OI)C(F)F.c1ccccc1. The van der Waals surface area contributed by atoms with E-state index in [0.717, 1.165) is 23.0 Å². The number of carbonyl (C=O) groups excluding carboxylic acids is 1. The molecule has 1 aromatic carbocycles. The molecule has 0 heterocycles. The zero-order valence-corrected chi connectivity index (χ0v) is 8.65. The molecule has 0 radical (unpaired) electrons. The standard InChI is InChI=1S/C6H6.C2HF2IO2/c1-2-4-6-5-3-1;3-1(4)2(6)7-5/h1-6H;1H. The molecule has 0 aliphatic rings. The van der Waals surface area contributed by atoms with Crippen molar-refractivity contribution in [2.45, 2.75) is 6.43 Å². The Kier molecular flexibility index (Phi) is 7.47. The molecular weight excluding hydrogens is 293 g/mol. The summed E-state index contributed by atoms with van der Waals surface area (Å²) in [5.74, 6) is -1.50. The summed E-state index contributed by atoms with van der Waals surface area (Å²) in [6.45, 7) is 0. The van der Waals surface area contributed by atoms with Crippen LogP contribution in [-0.2, 0) is 7.86 Å². The van der Waals surface area contributed by atoms with Gasteiger partial charge in [-0.3, -0.25) is 0 Å². The van der Waals surface area contributed by atoms with Crippen molar-refractivity contribution in [3.8, 4) is 0 Å². The van der Waals surface area contributed by atoms with E-state index in [2.05, 4.69) is 3.07 Å². The van der Waals surface area contributed by atoms with E-state index >= 15 is 0 Å². The molecule has 0 amide bonds. The fourth-order valence-electron chi connectivity index (χ4n) is 0.419. The van der Waals surface area contributed by atoms with E-state index in [-0.39, 0.29) is 0 Å². The van der Waals surface area contributed by atoms with Gasteiger partial charge in [0.05, 0.1) is 0 Å². The molecule has 5 heteroatoms. The minimum Gasteiger partial charge on any atom is -0.390 e. The van der Waals surface area contributed by atoms with Gasteiger partial charge in [-0.25, -0.2) is 4.79 Å². The molecule has 0 bridgehead atoms. The summed E-state index contributed by atoms with van der Waals surface area (Å²) in [6, 6.07) is 12.0. The molecule has 0 aliphatic carbocycles. The Balaban J connectivity index is 0.000000223. The van der Waals surface area contributed by atoms with Crippen LogP contribution >= 0.6 is 23.0 Å². The lowest BCUT2D eigenvalue weighted by atomic mass is 10.4. The number of alkyl halides is 2. The van der Waals surface area contributed by atoms with Crippen LogP contribution in [0.25, 0.3) is 0 Å². The van der Waals surface area contributed by atoms with Gasteiger partial charge >= 0.3 is 12.4 Å². The third-order valence-corrected chi connectivity index (χ3v) is 1.35. The first-order chi connectivity index (χ1) is 6.18. The first kappa shape index (κ1) is 12.3. The Bertz CT molecular complexity index is 202. The molecule has 0 N–H and O–H groups in total. The molecule has 13 heavy (non-hydrogen) atoms. The lowest BCUT2D eigenvalue weighted by Crippen LogP contribution is -2.07. The van der Waals surface area contributed by atoms with Crippen LogP contribution in [0.15, 0.2) is 36.4 Å². The van der Waals surface area contributed by atoms with E-state index in [1.807, 2.05) is 36.4 Å². The Morgan fingerprint density at radius 2 is 1.38 bits per heavy atom. The zero-order chi connectivity index (χ0) is 10.1. The van der Waals surface area contributed by atoms with Gasteiger partial charge in [0.2, 0.25) is 0 Å². The number of hydrogen-bond donors (Lipinski definition) is 0. The smallest absolute Gasteiger partial charge is 0.383 e.